The summed E-state index contributed by atoms with van der Waals surface area (Å²) in [5.74, 6) is -6.93. The number of nitrogens with zero attached hydrogens (tertiary/aromatic N) is 5. The number of anilines is 2. The van der Waals surface area contributed by atoms with Crippen molar-refractivity contribution in [2.45, 2.75) is 30.4 Å². The lowest BCUT2D eigenvalue weighted by atomic mass is 9.71. The van der Waals surface area contributed by atoms with Crippen molar-refractivity contribution >= 4 is 23.2 Å². The van der Waals surface area contributed by atoms with Crippen molar-refractivity contribution in [2.24, 2.45) is 5.92 Å². The minimum atomic E-state index is -5.83. The van der Waals surface area contributed by atoms with Gasteiger partial charge in [0, 0.05) is 18.6 Å². The Balaban J connectivity index is 1.43. The number of benzene rings is 1. The quantitative estimate of drug-likeness (QED) is 0.347. The molecule has 1 aromatic carbocycles. The zero-order valence-corrected chi connectivity index (χ0v) is 19.6. The number of halogens is 6. The minimum absolute atomic E-state index is 0.0804. The SMILES string of the molecule is Nc1nc(-c2cn3ccnc3c(OCC(F)(F)C(F)(F)F)n2)nc2c1C(c1ccc(F)cc1)(C1CC1)C(=O)N2. The van der Waals surface area contributed by atoms with Crippen LogP contribution in [0, 0.1) is 11.7 Å². The number of nitrogens with one attached hydrogen (secondary N) is 1. The molecule has 0 radical (unpaired) electrons. The van der Waals surface area contributed by atoms with Crippen LogP contribution in [0.2, 0.25) is 0 Å². The molecule has 1 aliphatic heterocycles. The van der Waals surface area contributed by atoms with Crippen molar-refractivity contribution in [3.8, 4) is 17.4 Å². The molecule has 4 aromatic rings. The van der Waals surface area contributed by atoms with Crippen LogP contribution in [0.3, 0.4) is 0 Å². The molecular weight excluding hydrogens is 532 g/mol. The Morgan fingerprint density at radius 2 is 1.82 bits per heavy atom. The summed E-state index contributed by atoms with van der Waals surface area (Å²) >= 11 is 0. The molecule has 202 valence electrons. The van der Waals surface area contributed by atoms with Gasteiger partial charge >= 0.3 is 12.1 Å². The number of hydrogen-bond donors (Lipinski definition) is 2. The van der Waals surface area contributed by atoms with Crippen molar-refractivity contribution in [1.29, 1.82) is 0 Å². The molecule has 15 heteroatoms. The molecule has 1 fully saturated rings. The zero-order chi connectivity index (χ0) is 27.7. The molecule has 1 amide bonds. The van der Waals surface area contributed by atoms with Crippen molar-refractivity contribution in [3.63, 3.8) is 0 Å². The summed E-state index contributed by atoms with van der Waals surface area (Å²) in [4.78, 5) is 30.0. The molecule has 1 unspecified atom stereocenters. The largest absolute Gasteiger partial charge is 0.468 e. The second kappa shape index (κ2) is 8.28. The Morgan fingerprint density at radius 1 is 1.10 bits per heavy atom. The van der Waals surface area contributed by atoms with E-state index in [1.165, 1.54) is 47.3 Å². The van der Waals surface area contributed by atoms with Crippen LogP contribution < -0.4 is 15.8 Å². The number of rotatable bonds is 6. The first-order valence-electron chi connectivity index (χ1n) is 11.6. The molecule has 1 atom stereocenters. The van der Waals surface area contributed by atoms with Crippen LogP contribution >= 0.6 is 0 Å². The van der Waals surface area contributed by atoms with Gasteiger partial charge in [-0.15, -0.1) is 0 Å². The lowest BCUT2D eigenvalue weighted by Gasteiger charge is -2.28. The van der Waals surface area contributed by atoms with Gasteiger partial charge in [-0.25, -0.2) is 24.3 Å². The first-order chi connectivity index (χ1) is 18.4. The predicted molar refractivity (Wildman–Crippen MR) is 123 cm³/mol. The smallest absolute Gasteiger partial charge is 0.456 e. The Kier molecular flexibility index (Phi) is 5.28. The van der Waals surface area contributed by atoms with E-state index in [-0.39, 0.29) is 34.7 Å². The molecule has 39 heavy (non-hydrogen) atoms. The Bertz CT molecular complexity index is 1620. The van der Waals surface area contributed by atoms with Crippen molar-refractivity contribution in [2.75, 3.05) is 17.7 Å². The van der Waals surface area contributed by atoms with Crippen LogP contribution in [0.5, 0.6) is 5.88 Å². The van der Waals surface area contributed by atoms with Gasteiger partial charge < -0.3 is 20.2 Å². The first kappa shape index (κ1) is 24.9. The molecule has 9 nitrogen and oxygen atoms in total. The number of amides is 1. The number of aromatic nitrogens is 5. The summed E-state index contributed by atoms with van der Waals surface area (Å²) < 4.78 is 84.6. The highest BCUT2D eigenvalue weighted by atomic mass is 19.4. The molecule has 4 heterocycles. The number of nitrogen functional groups attached to an aromatic ring is 1. The maximum atomic E-state index is 13.7. The summed E-state index contributed by atoms with van der Waals surface area (Å²) in [5, 5.41) is 2.72. The van der Waals surface area contributed by atoms with E-state index in [4.69, 9.17) is 10.5 Å². The van der Waals surface area contributed by atoms with E-state index in [9.17, 15) is 31.1 Å². The summed E-state index contributed by atoms with van der Waals surface area (Å²) in [6.45, 7) is -2.03. The lowest BCUT2D eigenvalue weighted by molar-refractivity contribution is -0.290. The van der Waals surface area contributed by atoms with Gasteiger partial charge in [0.1, 0.15) is 28.6 Å². The highest BCUT2D eigenvalue weighted by molar-refractivity contribution is 6.10. The first-order valence-corrected chi connectivity index (χ1v) is 11.6. The average molecular weight is 549 g/mol. The maximum Gasteiger partial charge on any atom is 0.456 e. The number of nitrogens with two attached hydrogens (primary N) is 1. The molecule has 0 spiro atoms. The number of fused-ring (bicyclic) bond motifs is 2. The lowest BCUT2D eigenvalue weighted by Crippen LogP contribution is -2.41. The van der Waals surface area contributed by atoms with Gasteiger partial charge in [0.2, 0.25) is 11.6 Å². The predicted octanol–water partition coefficient (Wildman–Crippen LogP) is 4.13. The fourth-order valence-corrected chi connectivity index (χ4v) is 4.87. The van der Waals surface area contributed by atoms with Crippen molar-refractivity contribution < 1.29 is 35.9 Å². The van der Waals surface area contributed by atoms with E-state index >= 15 is 0 Å². The van der Waals surface area contributed by atoms with Crippen LogP contribution in [-0.2, 0) is 10.2 Å². The number of imidazole rings is 1. The van der Waals surface area contributed by atoms with Crippen molar-refractivity contribution in [1.82, 2.24) is 24.3 Å². The van der Waals surface area contributed by atoms with Crippen LogP contribution in [-0.4, -0.2) is 48.9 Å². The summed E-state index contributed by atoms with van der Waals surface area (Å²) in [5.41, 5.74) is 5.72. The summed E-state index contributed by atoms with van der Waals surface area (Å²) in [6, 6.07) is 5.49. The van der Waals surface area contributed by atoms with E-state index < -0.39 is 41.7 Å². The van der Waals surface area contributed by atoms with E-state index in [0.717, 1.165) is 0 Å². The van der Waals surface area contributed by atoms with E-state index in [2.05, 4.69) is 25.3 Å². The molecule has 1 aliphatic carbocycles. The van der Waals surface area contributed by atoms with Gasteiger partial charge in [-0.05, 0) is 36.5 Å². The monoisotopic (exact) mass is 549 g/mol. The molecule has 0 bridgehead atoms. The fraction of sp³-hybridized carbons (Fsp3) is 0.292. The number of carbonyl (C=O) groups is 1. The maximum absolute atomic E-state index is 13.7. The standard InChI is InChI=1S/C24H17F6N7O2/c25-13-5-3-12(4-6-13)23(11-1-2-11)15-16(31)34-17(35-18(15)36-21(23)38)14-9-37-8-7-32-19(37)20(33-14)39-10-22(26,27)24(28,29)30/h3-9,11H,1-2,10H2,(H3,31,34,35,36,38). The van der Waals surface area contributed by atoms with Gasteiger partial charge in [0.05, 0.1) is 5.56 Å². The third-order valence-corrected chi connectivity index (χ3v) is 6.79. The number of carbonyl (C=O) groups excluding carboxylic acids is 1. The van der Waals surface area contributed by atoms with Crippen LogP contribution in [0.1, 0.15) is 24.0 Å². The average Bonchev–Trinajstić information content (AvgIpc) is 3.52. The summed E-state index contributed by atoms with van der Waals surface area (Å²) in [7, 11) is 0. The van der Waals surface area contributed by atoms with Gasteiger partial charge in [0.25, 0.3) is 5.88 Å². The number of ether oxygens (including phenoxy) is 1. The topological polar surface area (TPSA) is 120 Å². The van der Waals surface area contributed by atoms with Gasteiger partial charge in [-0.1, -0.05) is 12.1 Å². The number of alkyl halides is 5. The van der Waals surface area contributed by atoms with E-state index in [1.54, 1.807) is 0 Å². The van der Waals surface area contributed by atoms with Crippen molar-refractivity contribution in [3.05, 3.63) is 59.8 Å². The van der Waals surface area contributed by atoms with Gasteiger partial charge in [0.15, 0.2) is 12.4 Å². The molecule has 3 N–H and O–H groups in total. The third kappa shape index (κ3) is 3.82. The normalized spacial score (nSPS) is 19.3. The minimum Gasteiger partial charge on any atom is -0.468 e. The van der Waals surface area contributed by atoms with E-state index in [0.29, 0.717) is 24.0 Å². The molecular formula is C24H17F6N7O2. The molecule has 3 aromatic heterocycles. The van der Waals surface area contributed by atoms with Crippen LogP contribution in [0.4, 0.5) is 38.0 Å². The van der Waals surface area contributed by atoms with Crippen LogP contribution in [0.15, 0.2) is 42.9 Å². The molecule has 2 aliphatic rings. The molecule has 6 rings (SSSR count). The van der Waals surface area contributed by atoms with Crippen LogP contribution in [0.25, 0.3) is 17.2 Å². The van der Waals surface area contributed by atoms with Gasteiger partial charge in [-0.3, -0.25) is 4.79 Å². The Labute approximate surface area is 215 Å². The molecule has 1 saturated carbocycles. The van der Waals surface area contributed by atoms with Gasteiger partial charge in [-0.2, -0.15) is 22.0 Å². The number of hydrogen-bond acceptors (Lipinski definition) is 7. The zero-order valence-electron chi connectivity index (χ0n) is 19.6. The summed E-state index contributed by atoms with van der Waals surface area (Å²) in [6.07, 6.45) is -0.393. The highest BCUT2D eigenvalue weighted by Gasteiger charge is 2.60. The fourth-order valence-electron chi connectivity index (χ4n) is 4.87. The Morgan fingerprint density at radius 3 is 2.49 bits per heavy atom. The highest BCUT2D eigenvalue weighted by Crippen LogP contribution is 2.57. The molecule has 0 saturated heterocycles. The second-order valence-electron chi connectivity index (χ2n) is 9.28. The van der Waals surface area contributed by atoms with E-state index in [1.807, 2.05) is 0 Å². The Hall–Kier alpha value is -4.43. The third-order valence-electron chi connectivity index (χ3n) is 6.79. The second-order valence-corrected chi connectivity index (χ2v) is 9.28.